The Labute approximate surface area is 207 Å². The number of hydrogen-bond acceptors (Lipinski definition) is 7. The SMILES string of the molecule is CN1CCN(c2ccc(Nc3ncc4ccn(S(=O)(=O)c5cc(Cl)ccc5Cl)c4n3)cc2)CC1. The molecule has 1 fully saturated rings. The summed E-state index contributed by atoms with van der Waals surface area (Å²) in [5.41, 5.74) is 2.20. The third-order valence-electron chi connectivity index (χ3n) is 5.82. The van der Waals surface area contributed by atoms with Crippen molar-refractivity contribution in [2.75, 3.05) is 43.4 Å². The molecule has 1 aliphatic heterocycles. The second-order valence-corrected chi connectivity index (χ2v) is 10.8. The first kappa shape index (κ1) is 22.9. The molecule has 0 unspecified atom stereocenters. The highest BCUT2D eigenvalue weighted by atomic mass is 35.5. The van der Waals surface area contributed by atoms with Gasteiger partial charge in [0.05, 0.1) is 5.02 Å². The van der Waals surface area contributed by atoms with Crippen LogP contribution in [-0.4, -0.2) is 60.5 Å². The van der Waals surface area contributed by atoms with E-state index in [1.807, 2.05) is 12.1 Å². The number of aromatic nitrogens is 3. The predicted molar refractivity (Wildman–Crippen MR) is 136 cm³/mol. The second kappa shape index (κ2) is 9.07. The molecule has 3 heterocycles. The highest BCUT2D eigenvalue weighted by molar-refractivity contribution is 7.90. The van der Waals surface area contributed by atoms with Gasteiger partial charge in [0.15, 0.2) is 5.65 Å². The molecule has 2 aromatic carbocycles. The van der Waals surface area contributed by atoms with E-state index in [0.717, 1.165) is 41.5 Å². The Kier molecular flexibility index (Phi) is 6.11. The first-order valence-electron chi connectivity index (χ1n) is 10.7. The molecular formula is C23H22Cl2N6O2S. The molecule has 0 spiro atoms. The van der Waals surface area contributed by atoms with E-state index in [-0.39, 0.29) is 26.5 Å². The van der Waals surface area contributed by atoms with Crippen LogP contribution in [0, 0.1) is 0 Å². The summed E-state index contributed by atoms with van der Waals surface area (Å²) in [5, 5.41) is 4.10. The lowest BCUT2D eigenvalue weighted by molar-refractivity contribution is 0.313. The Morgan fingerprint density at radius 2 is 1.71 bits per heavy atom. The van der Waals surface area contributed by atoms with E-state index in [9.17, 15) is 8.42 Å². The fourth-order valence-corrected chi connectivity index (χ4v) is 5.92. The minimum absolute atomic E-state index is 0.0825. The standard InChI is InChI=1S/C23H22Cl2N6O2S/c1-29-10-12-30(13-11-29)19-5-3-18(4-6-19)27-23-26-15-16-8-9-31(22(16)28-23)34(32,33)21-14-17(24)2-7-20(21)25/h2-9,14-15H,10-13H2,1H3,(H,26,27,28). The van der Waals surface area contributed by atoms with Crippen molar-refractivity contribution in [2.24, 2.45) is 0 Å². The molecule has 0 amide bonds. The molecule has 5 rings (SSSR count). The van der Waals surface area contributed by atoms with Crippen LogP contribution in [-0.2, 0) is 10.0 Å². The quantitative estimate of drug-likeness (QED) is 0.418. The molecule has 8 nitrogen and oxygen atoms in total. The molecule has 1 aliphatic rings. The Hall–Kier alpha value is -2.85. The lowest BCUT2D eigenvalue weighted by Crippen LogP contribution is -2.44. The molecule has 0 aliphatic carbocycles. The van der Waals surface area contributed by atoms with E-state index in [1.54, 1.807) is 12.3 Å². The van der Waals surface area contributed by atoms with Gasteiger partial charge in [0.2, 0.25) is 5.95 Å². The molecule has 0 saturated carbocycles. The summed E-state index contributed by atoms with van der Waals surface area (Å²) in [6, 6.07) is 14.0. The van der Waals surface area contributed by atoms with Crippen LogP contribution in [0.2, 0.25) is 10.0 Å². The Bertz CT molecular complexity index is 1450. The van der Waals surface area contributed by atoms with Crippen molar-refractivity contribution in [3.63, 3.8) is 0 Å². The minimum atomic E-state index is -4.01. The van der Waals surface area contributed by atoms with Crippen LogP contribution >= 0.6 is 23.2 Å². The van der Waals surface area contributed by atoms with Crippen molar-refractivity contribution in [1.82, 2.24) is 18.8 Å². The number of nitrogens with zero attached hydrogens (tertiary/aromatic N) is 5. The molecule has 1 N–H and O–H groups in total. The van der Waals surface area contributed by atoms with Gasteiger partial charge in [0, 0.05) is 60.4 Å². The van der Waals surface area contributed by atoms with Gasteiger partial charge in [-0.25, -0.2) is 17.4 Å². The summed E-state index contributed by atoms with van der Waals surface area (Å²) >= 11 is 12.2. The smallest absolute Gasteiger partial charge is 0.270 e. The van der Waals surface area contributed by atoms with Gasteiger partial charge in [-0.1, -0.05) is 23.2 Å². The van der Waals surface area contributed by atoms with E-state index in [0.29, 0.717) is 5.39 Å². The summed E-state index contributed by atoms with van der Waals surface area (Å²) in [4.78, 5) is 13.4. The molecule has 0 bridgehead atoms. The van der Waals surface area contributed by atoms with Crippen LogP contribution in [0.4, 0.5) is 17.3 Å². The molecule has 2 aromatic heterocycles. The molecule has 176 valence electrons. The maximum atomic E-state index is 13.3. The zero-order chi connectivity index (χ0) is 23.9. The van der Waals surface area contributed by atoms with Crippen molar-refractivity contribution in [3.05, 3.63) is 71.0 Å². The van der Waals surface area contributed by atoms with Gasteiger partial charge < -0.3 is 15.1 Å². The number of likely N-dealkylation sites (N-methyl/N-ethyl adjacent to an activating group) is 1. The largest absolute Gasteiger partial charge is 0.369 e. The van der Waals surface area contributed by atoms with Crippen molar-refractivity contribution < 1.29 is 8.42 Å². The normalized spacial score (nSPS) is 15.1. The fourth-order valence-electron chi connectivity index (χ4n) is 3.88. The second-order valence-electron chi connectivity index (χ2n) is 8.13. The van der Waals surface area contributed by atoms with Crippen LogP contribution in [0.25, 0.3) is 11.0 Å². The highest BCUT2D eigenvalue weighted by Crippen LogP contribution is 2.29. The molecule has 0 radical (unpaired) electrons. The lowest BCUT2D eigenvalue weighted by atomic mass is 10.2. The summed E-state index contributed by atoms with van der Waals surface area (Å²) in [6.45, 7) is 4.06. The van der Waals surface area contributed by atoms with Gasteiger partial charge in [-0.05, 0) is 55.6 Å². The monoisotopic (exact) mass is 516 g/mol. The Morgan fingerprint density at radius 1 is 0.971 bits per heavy atom. The number of anilines is 3. The number of rotatable bonds is 5. The molecule has 34 heavy (non-hydrogen) atoms. The molecule has 1 saturated heterocycles. The van der Waals surface area contributed by atoms with Crippen LogP contribution in [0.3, 0.4) is 0 Å². The topological polar surface area (TPSA) is 83.4 Å². The average Bonchev–Trinajstić information content (AvgIpc) is 3.26. The average molecular weight is 517 g/mol. The first-order chi connectivity index (χ1) is 16.3. The molecule has 11 heteroatoms. The number of piperazine rings is 1. The van der Waals surface area contributed by atoms with E-state index in [2.05, 4.69) is 44.3 Å². The van der Waals surface area contributed by atoms with E-state index in [4.69, 9.17) is 23.2 Å². The Morgan fingerprint density at radius 3 is 2.44 bits per heavy atom. The maximum Gasteiger partial charge on any atom is 0.270 e. The number of nitrogens with one attached hydrogen (secondary N) is 1. The van der Waals surface area contributed by atoms with Crippen LogP contribution in [0.15, 0.2) is 65.8 Å². The van der Waals surface area contributed by atoms with Gasteiger partial charge in [0.25, 0.3) is 10.0 Å². The zero-order valence-corrected chi connectivity index (χ0v) is 20.6. The Balaban J connectivity index is 1.42. The zero-order valence-electron chi connectivity index (χ0n) is 18.3. The third kappa shape index (κ3) is 4.44. The highest BCUT2D eigenvalue weighted by Gasteiger charge is 2.23. The molecular weight excluding hydrogens is 495 g/mol. The van der Waals surface area contributed by atoms with Gasteiger partial charge >= 0.3 is 0 Å². The predicted octanol–water partition coefficient (Wildman–Crippen LogP) is 4.47. The minimum Gasteiger partial charge on any atom is -0.369 e. The van der Waals surface area contributed by atoms with Crippen LogP contribution in [0.5, 0.6) is 0 Å². The number of halogens is 2. The van der Waals surface area contributed by atoms with Gasteiger partial charge in [0.1, 0.15) is 4.90 Å². The van der Waals surface area contributed by atoms with E-state index in [1.165, 1.54) is 24.4 Å². The molecule has 0 atom stereocenters. The number of benzene rings is 2. The van der Waals surface area contributed by atoms with Crippen LogP contribution in [0.1, 0.15) is 0 Å². The van der Waals surface area contributed by atoms with Crippen LogP contribution < -0.4 is 10.2 Å². The lowest BCUT2D eigenvalue weighted by Gasteiger charge is -2.34. The molecule has 4 aromatic rings. The fraction of sp³-hybridized carbons (Fsp3) is 0.217. The number of hydrogen-bond donors (Lipinski definition) is 1. The van der Waals surface area contributed by atoms with Crippen molar-refractivity contribution >= 4 is 61.6 Å². The summed E-state index contributed by atoms with van der Waals surface area (Å²) in [6.07, 6.45) is 3.01. The van der Waals surface area contributed by atoms with Crippen molar-refractivity contribution in [2.45, 2.75) is 4.90 Å². The van der Waals surface area contributed by atoms with E-state index < -0.39 is 10.0 Å². The third-order valence-corrected chi connectivity index (χ3v) is 8.20. The summed E-state index contributed by atoms with van der Waals surface area (Å²) in [7, 11) is -1.88. The number of fused-ring (bicyclic) bond motifs is 1. The van der Waals surface area contributed by atoms with E-state index >= 15 is 0 Å². The van der Waals surface area contributed by atoms with Gasteiger partial charge in [-0.3, -0.25) is 0 Å². The van der Waals surface area contributed by atoms with Crippen molar-refractivity contribution in [3.8, 4) is 0 Å². The van der Waals surface area contributed by atoms with Crippen molar-refractivity contribution in [1.29, 1.82) is 0 Å². The van der Waals surface area contributed by atoms with Gasteiger partial charge in [-0.2, -0.15) is 4.98 Å². The summed E-state index contributed by atoms with van der Waals surface area (Å²) < 4.78 is 27.7. The van der Waals surface area contributed by atoms with Gasteiger partial charge in [-0.15, -0.1) is 0 Å². The summed E-state index contributed by atoms with van der Waals surface area (Å²) in [5.74, 6) is 0.284. The first-order valence-corrected chi connectivity index (χ1v) is 12.9. The maximum absolute atomic E-state index is 13.3.